The van der Waals surface area contributed by atoms with Gasteiger partial charge in [0.15, 0.2) is 0 Å². The highest BCUT2D eigenvalue weighted by Crippen LogP contribution is 2.58. The molecule has 6 aliphatic rings. The molecule has 0 aromatic heterocycles. The Morgan fingerprint density at radius 3 is 2.04 bits per heavy atom. The zero-order valence-corrected chi connectivity index (χ0v) is 15.2. The lowest BCUT2D eigenvalue weighted by atomic mass is 9.50. The maximum Gasteiger partial charge on any atom is 0.0656 e. The number of nitrogens with zero attached hydrogens (tertiary/aromatic N) is 1. The van der Waals surface area contributed by atoms with Crippen LogP contribution in [0.25, 0.3) is 0 Å². The van der Waals surface area contributed by atoms with E-state index in [0.717, 1.165) is 54.8 Å². The maximum atomic E-state index is 10.8. The van der Waals surface area contributed by atoms with Gasteiger partial charge in [-0.1, -0.05) is 24.3 Å². The van der Waals surface area contributed by atoms with Crippen LogP contribution in [0, 0.1) is 35.5 Å². The average molecular weight is 338 g/mol. The second-order valence-electron chi connectivity index (χ2n) is 10.3. The molecule has 5 aliphatic carbocycles. The first-order chi connectivity index (χ1) is 12.2. The molecule has 0 radical (unpaired) electrons. The molecule has 7 rings (SSSR count). The Kier molecular flexibility index (Phi) is 3.24. The molecule has 0 amide bonds. The standard InChI is InChI=1S/C23H31NO/c25-23-9-15-5-18(10-23)22(19(6-15)11-23)14-24-12-20-7-16-3-1-2-4-17(16)8-21(20)13-24/h1-4,15,18-22,25H,5-14H2/t15?,18-,19+,20-,21+,22?,23?. The minimum Gasteiger partial charge on any atom is -0.390 e. The molecule has 3 unspecified atom stereocenters. The van der Waals surface area contributed by atoms with E-state index in [1.807, 2.05) is 0 Å². The zero-order chi connectivity index (χ0) is 16.6. The van der Waals surface area contributed by atoms with E-state index in [-0.39, 0.29) is 5.60 Å². The van der Waals surface area contributed by atoms with E-state index in [2.05, 4.69) is 29.2 Å². The predicted octanol–water partition coefficient (Wildman–Crippen LogP) is 3.52. The molecule has 2 heteroatoms. The summed E-state index contributed by atoms with van der Waals surface area (Å²) in [4.78, 5) is 2.82. The average Bonchev–Trinajstić information content (AvgIpc) is 2.95. The third-order valence-electron chi connectivity index (χ3n) is 8.64. The Bertz CT molecular complexity index is 635. The normalized spacial score (nSPS) is 47.7. The summed E-state index contributed by atoms with van der Waals surface area (Å²) < 4.78 is 0. The van der Waals surface area contributed by atoms with Crippen LogP contribution in [0.2, 0.25) is 0 Å². The van der Waals surface area contributed by atoms with Crippen LogP contribution >= 0.6 is 0 Å². The molecule has 4 saturated carbocycles. The van der Waals surface area contributed by atoms with Gasteiger partial charge < -0.3 is 10.0 Å². The Labute approximate surface area is 151 Å². The third-order valence-corrected chi connectivity index (χ3v) is 8.64. The zero-order valence-electron chi connectivity index (χ0n) is 15.2. The number of likely N-dealkylation sites (tertiary alicyclic amines) is 1. The van der Waals surface area contributed by atoms with Crippen LogP contribution in [0.1, 0.15) is 43.2 Å². The number of hydrogen-bond donors (Lipinski definition) is 1. The first-order valence-electron chi connectivity index (χ1n) is 10.7. The van der Waals surface area contributed by atoms with Crippen molar-refractivity contribution in [1.82, 2.24) is 4.90 Å². The Morgan fingerprint density at radius 2 is 1.48 bits per heavy atom. The molecule has 25 heavy (non-hydrogen) atoms. The monoisotopic (exact) mass is 337 g/mol. The lowest BCUT2D eigenvalue weighted by molar-refractivity contribution is -0.155. The number of aliphatic hydroxyl groups is 1. The maximum absolute atomic E-state index is 10.8. The van der Waals surface area contributed by atoms with E-state index in [4.69, 9.17) is 0 Å². The van der Waals surface area contributed by atoms with Crippen molar-refractivity contribution in [3.05, 3.63) is 35.4 Å². The van der Waals surface area contributed by atoms with Gasteiger partial charge in [-0.3, -0.25) is 0 Å². The topological polar surface area (TPSA) is 23.5 Å². The summed E-state index contributed by atoms with van der Waals surface area (Å²) >= 11 is 0. The highest BCUT2D eigenvalue weighted by Gasteiger charge is 2.55. The lowest BCUT2D eigenvalue weighted by Crippen LogP contribution is -2.56. The molecule has 134 valence electrons. The minimum atomic E-state index is -0.270. The first-order valence-corrected chi connectivity index (χ1v) is 10.7. The number of benzene rings is 1. The van der Waals surface area contributed by atoms with Crippen LogP contribution in [0.4, 0.5) is 0 Å². The molecule has 0 spiro atoms. The second kappa shape index (κ2) is 5.33. The van der Waals surface area contributed by atoms with Crippen molar-refractivity contribution in [2.75, 3.05) is 19.6 Å². The van der Waals surface area contributed by atoms with Crippen molar-refractivity contribution in [3.63, 3.8) is 0 Å². The SMILES string of the molecule is OC12CC3C[C@H](C1)C(CN1C[C@H]4Cc5ccccc5C[C@H]4C1)[C@@H](C3)C2. The van der Waals surface area contributed by atoms with Crippen molar-refractivity contribution in [1.29, 1.82) is 0 Å². The summed E-state index contributed by atoms with van der Waals surface area (Å²) in [7, 11) is 0. The number of hydrogen-bond acceptors (Lipinski definition) is 2. The molecular weight excluding hydrogens is 306 g/mol. The number of rotatable bonds is 2. The lowest BCUT2D eigenvalue weighted by Gasteiger charge is -2.58. The molecule has 4 bridgehead atoms. The van der Waals surface area contributed by atoms with E-state index in [0.29, 0.717) is 0 Å². The molecule has 7 atom stereocenters. The smallest absolute Gasteiger partial charge is 0.0656 e. The van der Waals surface area contributed by atoms with Gasteiger partial charge in [0.1, 0.15) is 0 Å². The van der Waals surface area contributed by atoms with Gasteiger partial charge in [-0.2, -0.15) is 0 Å². The van der Waals surface area contributed by atoms with Gasteiger partial charge >= 0.3 is 0 Å². The van der Waals surface area contributed by atoms with Gasteiger partial charge in [-0.05, 0) is 91.6 Å². The molecule has 1 aromatic rings. The van der Waals surface area contributed by atoms with E-state index in [1.54, 1.807) is 11.1 Å². The van der Waals surface area contributed by atoms with E-state index in [9.17, 15) is 5.11 Å². The van der Waals surface area contributed by atoms with Crippen LogP contribution in [0.3, 0.4) is 0 Å². The molecule has 1 N–H and O–H groups in total. The summed E-state index contributed by atoms with van der Waals surface area (Å²) in [5.41, 5.74) is 2.96. The number of fused-ring (bicyclic) bond motifs is 2. The van der Waals surface area contributed by atoms with Crippen molar-refractivity contribution < 1.29 is 5.11 Å². The van der Waals surface area contributed by atoms with Crippen molar-refractivity contribution >= 4 is 0 Å². The summed E-state index contributed by atoms with van der Waals surface area (Å²) in [6.07, 6.45) is 8.76. The summed E-state index contributed by atoms with van der Waals surface area (Å²) in [5, 5.41) is 10.8. The summed E-state index contributed by atoms with van der Waals surface area (Å²) in [5.74, 6) is 5.12. The van der Waals surface area contributed by atoms with Crippen molar-refractivity contribution in [2.24, 2.45) is 35.5 Å². The van der Waals surface area contributed by atoms with Crippen molar-refractivity contribution in [3.8, 4) is 0 Å². The van der Waals surface area contributed by atoms with Gasteiger partial charge in [-0.15, -0.1) is 0 Å². The van der Waals surface area contributed by atoms with Crippen LogP contribution in [-0.2, 0) is 12.8 Å². The molecule has 2 nitrogen and oxygen atoms in total. The van der Waals surface area contributed by atoms with E-state index in [1.165, 1.54) is 45.3 Å². The second-order valence-corrected chi connectivity index (χ2v) is 10.3. The van der Waals surface area contributed by atoms with Gasteiger partial charge in [0, 0.05) is 19.6 Å². The van der Waals surface area contributed by atoms with Crippen LogP contribution in [0.15, 0.2) is 24.3 Å². The summed E-state index contributed by atoms with van der Waals surface area (Å²) in [6.45, 7) is 3.97. The predicted molar refractivity (Wildman–Crippen MR) is 99.3 cm³/mol. The van der Waals surface area contributed by atoms with Gasteiger partial charge in [0.2, 0.25) is 0 Å². The molecule has 1 aromatic carbocycles. The Morgan fingerprint density at radius 1 is 0.880 bits per heavy atom. The molecule has 1 heterocycles. The van der Waals surface area contributed by atoms with Crippen LogP contribution in [-0.4, -0.2) is 35.2 Å². The fourth-order valence-electron chi connectivity index (χ4n) is 7.85. The van der Waals surface area contributed by atoms with Gasteiger partial charge in [0.25, 0.3) is 0 Å². The minimum absolute atomic E-state index is 0.270. The molecule has 1 aliphatic heterocycles. The van der Waals surface area contributed by atoms with Crippen LogP contribution in [0.5, 0.6) is 0 Å². The fraction of sp³-hybridized carbons (Fsp3) is 0.739. The highest BCUT2D eigenvalue weighted by molar-refractivity contribution is 5.31. The third kappa shape index (κ3) is 2.44. The largest absolute Gasteiger partial charge is 0.390 e. The van der Waals surface area contributed by atoms with Gasteiger partial charge in [-0.25, -0.2) is 0 Å². The Balaban J connectivity index is 1.16. The van der Waals surface area contributed by atoms with E-state index >= 15 is 0 Å². The highest BCUT2D eigenvalue weighted by atomic mass is 16.3. The van der Waals surface area contributed by atoms with E-state index < -0.39 is 0 Å². The van der Waals surface area contributed by atoms with Crippen LogP contribution < -0.4 is 0 Å². The molecule has 5 fully saturated rings. The summed E-state index contributed by atoms with van der Waals surface area (Å²) in [6, 6.07) is 9.13. The van der Waals surface area contributed by atoms with Crippen molar-refractivity contribution in [2.45, 2.75) is 50.5 Å². The first kappa shape index (κ1) is 15.2. The quantitative estimate of drug-likeness (QED) is 0.892. The van der Waals surface area contributed by atoms with Gasteiger partial charge in [0.05, 0.1) is 5.60 Å². The fourth-order valence-corrected chi connectivity index (χ4v) is 7.85. The Hall–Kier alpha value is -0.860. The molecular formula is C23H31NO. The molecule has 1 saturated heterocycles.